The molecule has 1 atom stereocenters. The van der Waals surface area contributed by atoms with Gasteiger partial charge in [-0.15, -0.1) is 0 Å². The van der Waals surface area contributed by atoms with E-state index in [0.29, 0.717) is 17.9 Å². The number of anilines is 1. The van der Waals surface area contributed by atoms with Gasteiger partial charge in [-0.25, -0.2) is 0 Å². The van der Waals surface area contributed by atoms with Crippen LogP contribution in [0.3, 0.4) is 0 Å². The zero-order chi connectivity index (χ0) is 17.1. The summed E-state index contributed by atoms with van der Waals surface area (Å²) in [4.78, 5) is 20.9. The summed E-state index contributed by atoms with van der Waals surface area (Å²) >= 11 is 0. The Hall–Kier alpha value is -2.95. The first-order valence-corrected chi connectivity index (χ1v) is 8.51. The molecule has 5 nitrogen and oxygen atoms in total. The molecule has 3 aromatic rings. The maximum Gasteiger partial charge on any atom is 0.261 e. The molecular formula is C20H19N3O2. The number of hydrogen-bond donors (Lipinski definition) is 1. The number of aromatic amines is 1. The lowest BCUT2D eigenvalue weighted by molar-refractivity contribution is 0.0630. The van der Waals surface area contributed by atoms with Crippen molar-refractivity contribution in [1.29, 1.82) is 0 Å². The van der Waals surface area contributed by atoms with Gasteiger partial charge in [-0.2, -0.15) is 0 Å². The highest BCUT2D eigenvalue weighted by Crippen LogP contribution is 2.45. The van der Waals surface area contributed by atoms with E-state index in [9.17, 15) is 4.79 Å². The lowest BCUT2D eigenvalue weighted by Gasteiger charge is -2.46. The van der Waals surface area contributed by atoms with E-state index in [1.165, 1.54) is 10.9 Å². The predicted octanol–water partition coefficient (Wildman–Crippen LogP) is 3.32. The monoisotopic (exact) mass is 333 g/mol. The molecule has 0 saturated heterocycles. The molecule has 2 aliphatic heterocycles. The molecule has 1 aromatic heterocycles. The first-order valence-electron chi connectivity index (χ1n) is 8.51. The quantitative estimate of drug-likeness (QED) is 0.743. The summed E-state index contributed by atoms with van der Waals surface area (Å²) in [5, 5.41) is 1.26. The minimum absolute atomic E-state index is 0.0415. The second-order valence-electron chi connectivity index (χ2n) is 6.65. The van der Waals surface area contributed by atoms with Gasteiger partial charge in [0.25, 0.3) is 5.91 Å². The highest BCUT2D eigenvalue weighted by atomic mass is 16.5. The molecule has 126 valence electrons. The molecular weight excluding hydrogens is 314 g/mol. The molecule has 0 aliphatic carbocycles. The van der Waals surface area contributed by atoms with E-state index < -0.39 is 0 Å². The molecule has 0 spiro atoms. The maximum atomic E-state index is 13.2. The van der Waals surface area contributed by atoms with Gasteiger partial charge < -0.3 is 19.5 Å². The smallest absolute Gasteiger partial charge is 0.261 e. The largest absolute Gasteiger partial charge is 0.496 e. The molecule has 0 radical (unpaired) electrons. The van der Waals surface area contributed by atoms with Crippen LogP contribution >= 0.6 is 0 Å². The van der Waals surface area contributed by atoms with Crippen molar-refractivity contribution in [2.24, 2.45) is 0 Å². The second kappa shape index (κ2) is 5.02. The third-order valence-corrected chi connectivity index (χ3v) is 5.45. The fourth-order valence-corrected chi connectivity index (χ4v) is 4.31. The molecule has 2 aliphatic rings. The van der Waals surface area contributed by atoms with E-state index >= 15 is 0 Å². The Balaban J connectivity index is 1.73. The Labute approximate surface area is 145 Å². The molecule has 0 fully saturated rings. The SMILES string of the molecule is COc1cccc2c1C(=O)N1CCc3c([nH]c4ccccc34)[C@H]1N2C. The standard InChI is InChI=1S/C20H19N3O2/c1-22-15-8-5-9-16(25-2)17(15)20(24)23-11-10-13-12-6-3-4-7-14(12)21-18(13)19(22)23/h3-9,19,21H,10-11H2,1-2H3/t19-/m0/s1. The van der Waals surface area contributed by atoms with Gasteiger partial charge in [-0.1, -0.05) is 24.3 Å². The summed E-state index contributed by atoms with van der Waals surface area (Å²) in [5.74, 6) is 0.676. The van der Waals surface area contributed by atoms with E-state index in [0.717, 1.165) is 23.3 Å². The Morgan fingerprint density at radius 3 is 2.84 bits per heavy atom. The van der Waals surface area contributed by atoms with Crippen LogP contribution in [0.1, 0.15) is 27.8 Å². The van der Waals surface area contributed by atoms with Gasteiger partial charge in [-0.05, 0) is 30.2 Å². The number of benzene rings is 2. The molecule has 5 rings (SSSR count). The number of nitrogens with one attached hydrogen (secondary N) is 1. The molecule has 1 N–H and O–H groups in total. The summed E-state index contributed by atoms with van der Waals surface area (Å²) in [6.07, 6.45) is 0.753. The molecule has 0 saturated carbocycles. The lowest BCUT2D eigenvalue weighted by atomic mass is 9.95. The zero-order valence-electron chi connectivity index (χ0n) is 14.2. The molecule has 2 aromatic carbocycles. The fourth-order valence-electron chi connectivity index (χ4n) is 4.31. The topological polar surface area (TPSA) is 48.6 Å². The fraction of sp³-hybridized carbons (Fsp3) is 0.250. The predicted molar refractivity (Wildman–Crippen MR) is 97.2 cm³/mol. The number of H-pyrrole nitrogens is 1. The van der Waals surface area contributed by atoms with Crippen LogP contribution in [0.5, 0.6) is 5.75 Å². The molecule has 0 unspecified atom stereocenters. The van der Waals surface area contributed by atoms with E-state index in [4.69, 9.17) is 4.74 Å². The van der Waals surface area contributed by atoms with E-state index in [1.54, 1.807) is 7.11 Å². The zero-order valence-corrected chi connectivity index (χ0v) is 14.2. The molecule has 3 heterocycles. The van der Waals surface area contributed by atoms with Crippen LogP contribution in [-0.2, 0) is 6.42 Å². The number of para-hydroxylation sites is 1. The van der Waals surface area contributed by atoms with Crippen LogP contribution < -0.4 is 9.64 Å². The van der Waals surface area contributed by atoms with Crippen LogP contribution in [0.15, 0.2) is 42.5 Å². The second-order valence-corrected chi connectivity index (χ2v) is 6.65. The maximum absolute atomic E-state index is 13.2. The number of hydrogen-bond acceptors (Lipinski definition) is 3. The highest BCUT2D eigenvalue weighted by Gasteiger charge is 2.42. The third kappa shape index (κ3) is 1.81. The van der Waals surface area contributed by atoms with Crippen LogP contribution in [0, 0.1) is 0 Å². The van der Waals surface area contributed by atoms with Crippen molar-refractivity contribution in [3.63, 3.8) is 0 Å². The number of carbonyl (C=O) groups excluding carboxylic acids is 1. The molecule has 5 heteroatoms. The Morgan fingerprint density at radius 1 is 1.16 bits per heavy atom. The Morgan fingerprint density at radius 2 is 2.00 bits per heavy atom. The molecule has 1 amide bonds. The van der Waals surface area contributed by atoms with Crippen molar-refractivity contribution in [3.05, 3.63) is 59.3 Å². The lowest BCUT2D eigenvalue weighted by Crippen LogP contribution is -2.51. The van der Waals surface area contributed by atoms with Crippen molar-refractivity contribution in [1.82, 2.24) is 9.88 Å². The number of ether oxygens (including phenoxy) is 1. The minimum Gasteiger partial charge on any atom is -0.496 e. The van der Waals surface area contributed by atoms with Gasteiger partial charge in [0.15, 0.2) is 0 Å². The molecule has 0 bridgehead atoms. The van der Waals surface area contributed by atoms with Crippen LogP contribution in [0.25, 0.3) is 10.9 Å². The van der Waals surface area contributed by atoms with Gasteiger partial charge >= 0.3 is 0 Å². The highest BCUT2D eigenvalue weighted by molar-refractivity contribution is 6.05. The van der Waals surface area contributed by atoms with E-state index in [-0.39, 0.29) is 12.1 Å². The molecule has 25 heavy (non-hydrogen) atoms. The van der Waals surface area contributed by atoms with Gasteiger partial charge in [0.05, 0.1) is 18.5 Å². The van der Waals surface area contributed by atoms with Crippen molar-refractivity contribution >= 4 is 22.5 Å². The first-order chi connectivity index (χ1) is 12.2. The average Bonchev–Trinajstić information content (AvgIpc) is 3.03. The van der Waals surface area contributed by atoms with Gasteiger partial charge in [0.1, 0.15) is 17.5 Å². The average molecular weight is 333 g/mol. The van der Waals surface area contributed by atoms with Gasteiger partial charge in [-0.3, -0.25) is 4.79 Å². The number of aromatic nitrogens is 1. The van der Waals surface area contributed by atoms with Crippen molar-refractivity contribution in [2.45, 2.75) is 12.6 Å². The van der Waals surface area contributed by atoms with Crippen molar-refractivity contribution in [3.8, 4) is 5.75 Å². The summed E-state index contributed by atoms with van der Waals surface area (Å²) in [5.41, 5.74) is 5.15. The number of rotatable bonds is 1. The number of carbonyl (C=O) groups is 1. The summed E-state index contributed by atoms with van der Waals surface area (Å²) in [6.45, 7) is 0.709. The summed E-state index contributed by atoms with van der Waals surface area (Å²) in [7, 11) is 3.66. The number of fused-ring (bicyclic) bond motifs is 6. The Bertz CT molecular complexity index is 1010. The Kier molecular flexibility index (Phi) is 2.89. The third-order valence-electron chi connectivity index (χ3n) is 5.45. The summed E-state index contributed by atoms with van der Waals surface area (Å²) < 4.78 is 5.45. The van der Waals surface area contributed by atoms with Crippen molar-refractivity contribution < 1.29 is 9.53 Å². The minimum atomic E-state index is -0.108. The van der Waals surface area contributed by atoms with Crippen LogP contribution in [0.2, 0.25) is 0 Å². The first kappa shape index (κ1) is 14.4. The van der Waals surface area contributed by atoms with E-state index in [1.807, 2.05) is 36.2 Å². The van der Waals surface area contributed by atoms with Crippen LogP contribution in [0.4, 0.5) is 5.69 Å². The van der Waals surface area contributed by atoms with Crippen LogP contribution in [-0.4, -0.2) is 36.5 Å². The number of methoxy groups -OCH3 is 1. The number of nitrogens with zero attached hydrogens (tertiary/aromatic N) is 2. The van der Waals surface area contributed by atoms with Gasteiger partial charge in [0.2, 0.25) is 0 Å². The summed E-state index contributed by atoms with van der Waals surface area (Å²) in [6, 6.07) is 14.1. The number of amides is 1. The van der Waals surface area contributed by atoms with Crippen molar-refractivity contribution in [2.75, 3.05) is 25.6 Å². The van der Waals surface area contributed by atoms with E-state index in [2.05, 4.69) is 28.1 Å². The van der Waals surface area contributed by atoms with Gasteiger partial charge in [0, 0.05) is 24.5 Å². The normalized spacial score (nSPS) is 18.8.